The molecule has 0 radical (unpaired) electrons. The monoisotopic (exact) mass is 490 g/mol. The van der Waals surface area contributed by atoms with Gasteiger partial charge in [0.1, 0.15) is 0 Å². The van der Waals surface area contributed by atoms with E-state index in [1.807, 2.05) is 38.1 Å². The average molecular weight is 491 g/mol. The zero-order chi connectivity index (χ0) is 26.7. The van der Waals surface area contributed by atoms with Crippen LogP contribution in [0.5, 0.6) is 0 Å². The molecule has 5 nitrogen and oxygen atoms in total. The minimum atomic E-state index is -0.864. The molecule has 4 aromatic carbocycles. The molecular formula is C32H26O5. The van der Waals surface area contributed by atoms with E-state index in [4.69, 9.17) is 4.74 Å². The van der Waals surface area contributed by atoms with E-state index in [1.54, 1.807) is 62.4 Å². The summed E-state index contributed by atoms with van der Waals surface area (Å²) >= 11 is 0. The summed E-state index contributed by atoms with van der Waals surface area (Å²) in [7, 11) is 0. The fraction of sp³-hybridized carbons (Fsp3) is 0.125. The van der Waals surface area contributed by atoms with Crippen LogP contribution in [-0.4, -0.2) is 23.5 Å². The van der Waals surface area contributed by atoms with Crippen molar-refractivity contribution in [3.8, 4) is 0 Å². The van der Waals surface area contributed by atoms with Crippen LogP contribution < -0.4 is 0 Å². The second-order valence-corrected chi connectivity index (χ2v) is 8.92. The third-order valence-corrected chi connectivity index (χ3v) is 6.56. The van der Waals surface area contributed by atoms with Crippen molar-refractivity contribution >= 4 is 23.5 Å². The fourth-order valence-corrected chi connectivity index (χ4v) is 4.35. The Kier molecular flexibility index (Phi) is 7.25. The molecule has 0 bridgehead atoms. The van der Waals surface area contributed by atoms with Crippen molar-refractivity contribution in [3.63, 3.8) is 0 Å². The Morgan fingerprint density at radius 3 is 1.14 bits per heavy atom. The molecule has 0 heterocycles. The summed E-state index contributed by atoms with van der Waals surface area (Å²) in [4.78, 5) is 52.3. The van der Waals surface area contributed by atoms with Crippen LogP contribution in [0.2, 0.25) is 0 Å². The molecule has 0 N–H and O–H groups in total. The van der Waals surface area contributed by atoms with Gasteiger partial charge in [0.25, 0.3) is 0 Å². The van der Waals surface area contributed by atoms with Crippen LogP contribution in [0.15, 0.2) is 84.9 Å². The lowest BCUT2D eigenvalue weighted by atomic mass is 9.93. The van der Waals surface area contributed by atoms with Crippen LogP contribution in [-0.2, 0) is 4.74 Å². The Hall–Kier alpha value is -4.64. The molecule has 37 heavy (non-hydrogen) atoms. The molecule has 0 aliphatic heterocycles. The molecule has 0 unspecified atom stereocenters. The minimum Gasteiger partial charge on any atom is -0.386 e. The smallest absolute Gasteiger partial charge is 0.346 e. The predicted octanol–water partition coefficient (Wildman–Crippen LogP) is 6.38. The minimum absolute atomic E-state index is 0.123. The number of aryl methyl sites for hydroxylation is 2. The first kappa shape index (κ1) is 25.5. The highest BCUT2D eigenvalue weighted by Gasteiger charge is 2.24. The normalized spacial score (nSPS) is 10.6. The van der Waals surface area contributed by atoms with Crippen molar-refractivity contribution in [2.45, 2.75) is 27.7 Å². The van der Waals surface area contributed by atoms with Crippen molar-refractivity contribution in [1.82, 2.24) is 0 Å². The largest absolute Gasteiger partial charge is 0.386 e. The van der Waals surface area contributed by atoms with Gasteiger partial charge in [-0.2, -0.15) is 0 Å². The number of rotatable bonds is 6. The van der Waals surface area contributed by atoms with E-state index in [1.165, 1.54) is 12.1 Å². The van der Waals surface area contributed by atoms with Gasteiger partial charge in [-0.15, -0.1) is 0 Å². The van der Waals surface area contributed by atoms with Gasteiger partial charge in [-0.3, -0.25) is 9.59 Å². The number of hydrogen-bond acceptors (Lipinski definition) is 5. The Morgan fingerprint density at radius 1 is 0.432 bits per heavy atom. The number of carbonyl (C=O) groups is 4. The second kappa shape index (κ2) is 10.5. The Balaban J connectivity index is 1.60. The summed E-state index contributed by atoms with van der Waals surface area (Å²) in [6.45, 7) is 7.00. The average Bonchev–Trinajstić information content (AvgIpc) is 2.88. The molecule has 0 spiro atoms. The maximum atomic E-state index is 13.1. The van der Waals surface area contributed by atoms with Crippen molar-refractivity contribution in [3.05, 3.63) is 141 Å². The molecule has 0 saturated heterocycles. The van der Waals surface area contributed by atoms with Crippen LogP contribution in [0.1, 0.15) is 74.8 Å². The molecule has 0 aromatic heterocycles. The first-order valence-corrected chi connectivity index (χ1v) is 11.9. The molecule has 0 aliphatic rings. The molecule has 4 aromatic rings. The van der Waals surface area contributed by atoms with Crippen molar-refractivity contribution in [1.29, 1.82) is 0 Å². The van der Waals surface area contributed by atoms with Gasteiger partial charge in [-0.05, 0) is 62.1 Å². The number of hydrogen-bond donors (Lipinski definition) is 0. The fourth-order valence-electron chi connectivity index (χ4n) is 4.35. The molecule has 4 rings (SSSR count). The summed E-state index contributed by atoms with van der Waals surface area (Å²) < 4.78 is 5.21. The van der Waals surface area contributed by atoms with Crippen molar-refractivity contribution < 1.29 is 23.9 Å². The number of esters is 2. The van der Waals surface area contributed by atoms with Gasteiger partial charge in [0, 0.05) is 22.3 Å². The topological polar surface area (TPSA) is 77.5 Å². The first-order chi connectivity index (χ1) is 17.7. The van der Waals surface area contributed by atoms with Gasteiger partial charge in [0.2, 0.25) is 0 Å². The Labute approximate surface area is 215 Å². The summed E-state index contributed by atoms with van der Waals surface area (Å²) in [5, 5.41) is 0. The van der Waals surface area contributed by atoms with E-state index in [0.29, 0.717) is 33.4 Å². The number of ether oxygens (including phenoxy) is 1. The van der Waals surface area contributed by atoms with Crippen LogP contribution in [0, 0.1) is 27.7 Å². The second-order valence-electron chi connectivity index (χ2n) is 8.92. The number of ketones is 2. The van der Waals surface area contributed by atoms with Crippen LogP contribution in [0.3, 0.4) is 0 Å². The maximum absolute atomic E-state index is 13.1. The summed E-state index contributed by atoms with van der Waals surface area (Å²) in [5.41, 5.74) is 4.54. The lowest BCUT2D eigenvalue weighted by molar-refractivity contribution is 0.0396. The SMILES string of the molecule is Cc1ccccc1C(=O)c1cccc(C(=O)OC(=O)c2cccc(C(=O)c3ccccc3C)c2C)c1C. The first-order valence-electron chi connectivity index (χ1n) is 11.9. The zero-order valence-corrected chi connectivity index (χ0v) is 21.1. The van der Waals surface area contributed by atoms with Crippen LogP contribution in [0.4, 0.5) is 0 Å². The number of benzene rings is 4. The summed E-state index contributed by atoms with van der Waals surface area (Å²) in [6, 6.07) is 23.9. The highest BCUT2D eigenvalue weighted by molar-refractivity contribution is 6.14. The third-order valence-electron chi connectivity index (χ3n) is 6.56. The zero-order valence-electron chi connectivity index (χ0n) is 21.1. The number of carbonyl (C=O) groups excluding carboxylic acids is 4. The Bertz CT molecular complexity index is 1440. The van der Waals surface area contributed by atoms with Crippen molar-refractivity contribution in [2.75, 3.05) is 0 Å². The lowest BCUT2D eigenvalue weighted by Crippen LogP contribution is -2.17. The highest BCUT2D eigenvalue weighted by atomic mass is 16.6. The van der Waals surface area contributed by atoms with E-state index in [2.05, 4.69) is 0 Å². The van der Waals surface area contributed by atoms with Gasteiger partial charge in [0.05, 0.1) is 11.1 Å². The van der Waals surface area contributed by atoms with E-state index >= 15 is 0 Å². The quantitative estimate of drug-likeness (QED) is 0.178. The van der Waals surface area contributed by atoms with E-state index in [-0.39, 0.29) is 22.7 Å². The van der Waals surface area contributed by atoms with Crippen LogP contribution in [0.25, 0.3) is 0 Å². The Morgan fingerprint density at radius 2 is 0.757 bits per heavy atom. The van der Waals surface area contributed by atoms with E-state index < -0.39 is 11.9 Å². The molecule has 0 saturated carbocycles. The van der Waals surface area contributed by atoms with Gasteiger partial charge in [-0.25, -0.2) is 9.59 Å². The summed E-state index contributed by atoms with van der Waals surface area (Å²) in [6.07, 6.45) is 0. The highest BCUT2D eigenvalue weighted by Crippen LogP contribution is 2.23. The standard InChI is InChI=1S/C32H26O5/c1-19-11-5-7-13-23(19)29(33)25-15-9-17-27(21(25)3)31(35)37-32(36)28-18-10-16-26(22(28)4)30(34)24-14-8-6-12-20(24)2/h5-18H,1-4H3. The predicted molar refractivity (Wildman–Crippen MR) is 141 cm³/mol. The lowest BCUT2D eigenvalue weighted by Gasteiger charge is -2.13. The molecule has 184 valence electrons. The molecule has 0 aliphatic carbocycles. The van der Waals surface area contributed by atoms with E-state index in [9.17, 15) is 19.2 Å². The van der Waals surface area contributed by atoms with Crippen molar-refractivity contribution in [2.24, 2.45) is 0 Å². The maximum Gasteiger partial charge on any atom is 0.346 e. The third kappa shape index (κ3) is 5.02. The summed E-state index contributed by atoms with van der Waals surface area (Å²) in [5.74, 6) is -2.15. The molecule has 0 fully saturated rings. The van der Waals surface area contributed by atoms with Crippen LogP contribution >= 0.6 is 0 Å². The van der Waals surface area contributed by atoms with Gasteiger partial charge < -0.3 is 4.74 Å². The van der Waals surface area contributed by atoms with Gasteiger partial charge in [-0.1, -0.05) is 72.8 Å². The van der Waals surface area contributed by atoms with Gasteiger partial charge in [0.15, 0.2) is 11.6 Å². The molecule has 5 heteroatoms. The van der Waals surface area contributed by atoms with Gasteiger partial charge >= 0.3 is 11.9 Å². The molecule has 0 atom stereocenters. The molecular weight excluding hydrogens is 464 g/mol. The van der Waals surface area contributed by atoms with E-state index in [0.717, 1.165) is 11.1 Å². The molecule has 0 amide bonds.